The molecule has 2 aromatic rings. The van der Waals surface area contributed by atoms with Crippen molar-refractivity contribution in [3.8, 4) is 10.6 Å². The van der Waals surface area contributed by atoms with Crippen LogP contribution in [0.25, 0.3) is 10.6 Å². The van der Waals surface area contributed by atoms with Gasteiger partial charge in [-0.3, -0.25) is 0 Å². The van der Waals surface area contributed by atoms with Gasteiger partial charge in [-0.1, -0.05) is 19.9 Å². The Morgan fingerprint density at radius 3 is 2.67 bits per heavy atom. The highest BCUT2D eigenvalue weighted by atomic mass is 32.1. The number of benzene rings is 1. The van der Waals surface area contributed by atoms with Gasteiger partial charge in [0.05, 0.1) is 0 Å². The molecule has 0 bridgehead atoms. The first-order valence-electron chi connectivity index (χ1n) is 4.88. The summed E-state index contributed by atoms with van der Waals surface area (Å²) in [5.41, 5.74) is 1.61. The Kier molecular flexibility index (Phi) is 2.82. The number of halogens is 1. The summed E-state index contributed by atoms with van der Waals surface area (Å²) in [7, 11) is 0. The van der Waals surface area contributed by atoms with Gasteiger partial charge in [-0.15, -0.1) is 11.3 Å². The lowest BCUT2D eigenvalue weighted by atomic mass is 10.0. The zero-order valence-electron chi connectivity index (χ0n) is 8.70. The van der Waals surface area contributed by atoms with Crippen molar-refractivity contribution in [3.05, 3.63) is 41.2 Å². The Morgan fingerprint density at radius 1 is 1.33 bits per heavy atom. The van der Waals surface area contributed by atoms with Crippen molar-refractivity contribution in [1.82, 2.24) is 4.98 Å². The zero-order chi connectivity index (χ0) is 10.8. The van der Waals surface area contributed by atoms with E-state index in [2.05, 4.69) is 18.8 Å². The second-order valence-corrected chi connectivity index (χ2v) is 4.63. The summed E-state index contributed by atoms with van der Waals surface area (Å²) < 4.78 is 13.7. The highest BCUT2D eigenvalue weighted by Crippen LogP contribution is 2.27. The fraction of sp³-hybridized carbons (Fsp3) is 0.250. The van der Waals surface area contributed by atoms with Crippen LogP contribution in [0.15, 0.2) is 29.8 Å². The smallest absolute Gasteiger partial charge is 0.133 e. The number of hydrogen-bond acceptors (Lipinski definition) is 2. The Labute approximate surface area is 92.6 Å². The first-order valence-corrected chi connectivity index (χ1v) is 5.76. The number of thiazole rings is 1. The maximum atomic E-state index is 13.7. The third-order valence-corrected chi connectivity index (χ3v) is 3.13. The maximum Gasteiger partial charge on any atom is 0.133 e. The molecule has 1 heterocycles. The summed E-state index contributed by atoms with van der Waals surface area (Å²) >= 11 is 1.45. The Morgan fingerprint density at radius 2 is 2.13 bits per heavy atom. The highest BCUT2D eigenvalue weighted by molar-refractivity contribution is 7.13. The summed E-state index contributed by atoms with van der Waals surface area (Å²) in [6.07, 6.45) is 1.69. The van der Waals surface area contributed by atoms with Crippen LogP contribution in [0, 0.1) is 5.82 Å². The van der Waals surface area contributed by atoms with E-state index in [4.69, 9.17) is 0 Å². The minimum absolute atomic E-state index is 0.184. The summed E-state index contributed by atoms with van der Waals surface area (Å²) in [5, 5.41) is 2.59. The van der Waals surface area contributed by atoms with Gasteiger partial charge in [-0.25, -0.2) is 9.37 Å². The normalized spacial score (nSPS) is 10.9. The van der Waals surface area contributed by atoms with E-state index >= 15 is 0 Å². The van der Waals surface area contributed by atoms with Crippen molar-refractivity contribution in [2.75, 3.05) is 0 Å². The van der Waals surface area contributed by atoms with E-state index in [9.17, 15) is 4.39 Å². The molecule has 1 aromatic carbocycles. The van der Waals surface area contributed by atoms with E-state index in [0.717, 1.165) is 10.6 Å². The summed E-state index contributed by atoms with van der Waals surface area (Å²) in [6, 6.07) is 5.37. The summed E-state index contributed by atoms with van der Waals surface area (Å²) in [5.74, 6) is 0.168. The fourth-order valence-corrected chi connectivity index (χ4v) is 2.09. The van der Waals surface area contributed by atoms with Gasteiger partial charge in [0.15, 0.2) is 0 Å². The molecule has 0 amide bonds. The average molecular weight is 221 g/mol. The van der Waals surface area contributed by atoms with E-state index < -0.39 is 0 Å². The van der Waals surface area contributed by atoms with Crippen LogP contribution in [0.5, 0.6) is 0 Å². The second kappa shape index (κ2) is 4.11. The molecular formula is C12H12FNS. The molecule has 0 fully saturated rings. The molecule has 0 aliphatic carbocycles. The van der Waals surface area contributed by atoms with Crippen LogP contribution in [-0.4, -0.2) is 4.98 Å². The summed E-state index contributed by atoms with van der Waals surface area (Å²) in [6.45, 7) is 4.11. The van der Waals surface area contributed by atoms with Crippen molar-refractivity contribution < 1.29 is 4.39 Å². The minimum atomic E-state index is -0.184. The van der Waals surface area contributed by atoms with Gasteiger partial charge in [-0.2, -0.15) is 0 Å². The van der Waals surface area contributed by atoms with Crippen LogP contribution in [0.4, 0.5) is 4.39 Å². The van der Waals surface area contributed by atoms with Gasteiger partial charge >= 0.3 is 0 Å². The quantitative estimate of drug-likeness (QED) is 0.744. The van der Waals surface area contributed by atoms with Crippen molar-refractivity contribution in [2.24, 2.45) is 0 Å². The molecule has 0 saturated heterocycles. The SMILES string of the molecule is CC(C)c1ccc(-c2nccs2)c(F)c1. The minimum Gasteiger partial charge on any atom is -0.244 e. The van der Waals surface area contributed by atoms with Gasteiger partial charge in [0.1, 0.15) is 10.8 Å². The van der Waals surface area contributed by atoms with Crippen LogP contribution in [0.3, 0.4) is 0 Å². The van der Waals surface area contributed by atoms with Gasteiger partial charge in [0, 0.05) is 17.1 Å². The first kappa shape index (κ1) is 10.3. The molecule has 0 aliphatic rings. The van der Waals surface area contributed by atoms with Crippen LogP contribution < -0.4 is 0 Å². The first-order chi connectivity index (χ1) is 7.18. The van der Waals surface area contributed by atoms with Crippen molar-refractivity contribution in [1.29, 1.82) is 0 Å². The van der Waals surface area contributed by atoms with Crippen LogP contribution in [0.2, 0.25) is 0 Å². The van der Waals surface area contributed by atoms with Crippen LogP contribution in [-0.2, 0) is 0 Å². The topological polar surface area (TPSA) is 12.9 Å². The van der Waals surface area contributed by atoms with Crippen molar-refractivity contribution in [2.45, 2.75) is 19.8 Å². The molecule has 1 nitrogen and oxygen atoms in total. The third-order valence-electron chi connectivity index (χ3n) is 2.32. The third kappa shape index (κ3) is 2.07. The molecule has 0 N–H and O–H groups in total. The number of nitrogens with zero attached hydrogens (tertiary/aromatic N) is 1. The average Bonchev–Trinajstić information content (AvgIpc) is 2.70. The fourth-order valence-electron chi connectivity index (χ4n) is 1.42. The van der Waals surface area contributed by atoms with Gasteiger partial charge in [-0.05, 0) is 23.6 Å². The largest absolute Gasteiger partial charge is 0.244 e. The standard InChI is InChI=1S/C12H12FNS/c1-8(2)9-3-4-10(11(13)7-9)12-14-5-6-15-12/h3-8H,1-2H3. The molecule has 2 rings (SSSR count). The highest BCUT2D eigenvalue weighted by Gasteiger charge is 2.09. The van der Waals surface area contributed by atoms with Gasteiger partial charge in [0.25, 0.3) is 0 Å². The molecular weight excluding hydrogens is 209 g/mol. The molecule has 78 valence electrons. The van der Waals surface area contributed by atoms with Gasteiger partial charge in [0.2, 0.25) is 0 Å². The number of aromatic nitrogens is 1. The molecule has 1 aromatic heterocycles. The monoisotopic (exact) mass is 221 g/mol. The predicted octanol–water partition coefficient (Wildman–Crippen LogP) is 4.07. The lowest BCUT2D eigenvalue weighted by Crippen LogP contribution is -1.90. The van der Waals surface area contributed by atoms with E-state index in [1.54, 1.807) is 12.3 Å². The molecule has 0 aliphatic heterocycles. The van der Waals surface area contributed by atoms with E-state index in [0.29, 0.717) is 11.5 Å². The Bertz CT molecular complexity index is 449. The molecule has 3 heteroatoms. The molecule has 0 saturated carbocycles. The number of hydrogen-bond donors (Lipinski definition) is 0. The lowest BCUT2D eigenvalue weighted by molar-refractivity contribution is 0.626. The Balaban J connectivity index is 2.44. The number of rotatable bonds is 2. The summed E-state index contributed by atoms with van der Waals surface area (Å²) in [4.78, 5) is 4.10. The molecule has 0 radical (unpaired) electrons. The van der Waals surface area contributed by atoms with Crippen LogP contribution >= 0.6 is 11.3 Å². The van der Waals surface area contributed by atoms with E-state index in [-0.39, 0.29) is 5.82 Å². The van der Waals surface area contributed by atoms with E-state index in [1.807, 2.05) is 17.5 Å². The van der Waals surface area contributed by atoms with Crippen molar-refractivity contribution >= 4 is 11.3 Å². The van der Waals surface area contributed by atoms with Gasteiger partial charge < -0.3 is 0 Å². The van der Waals surface area contributed by atoms with E-state index in [1.165, 1.54) is 11.3 Å². The lowest BCUT2D eigenvalue weighted by Gasteiger charge is -2.06. The zero-order valence-corrected chi connectivity index (χ0v) is 9.51. The molecule has 0 atom stereocenters. The second-order valence-electron chi connectivity index (χ2n) is 3.73. The Hall–Kier alpha value is -1.22. The molecule has 15 heavy (non-hydrogen) atoms. The molecule has 0 unspecified atom stereocenters. The maximum absolute atomic E-state index is 13.7. The van der Waals surface area contributed by atoms with Crippen molar-refractivity contribution in [3.63, 3.8) is 0 Å². The van der Waals surface area contributed by atoms with Crippen LogP contribution in [0.1, 0.15) is 25.3 Å². The predicted molar refractivity (Wildman–Crippen MR) is 61.6 cm³/mol. The molecule has 0 spiro atoms.